The third-order valence-electron chi connectivity index (χ3n) is 3.48. The molecule has 2 aromatic heterocycles. The van der Waals surface area contributed by atoms with Gasteiger partial charge in [-0.25, -0.2) is 9.31 Å². The lowest BCUT2D eigenvalue weighted by atomic mass is 10.1. The van der Waals surface area contributed by atoms with Gasteiger partial charge in [0.15, 0.2) is 5.75 Å². The second-order valence-electron chi connectivity index (χ2n) is 4.89. The van der Waals surface area contributed by atoms with Crippen molar-refractivity contribution in [2.45, 2.75) is 24.9 Å². The molecular formula is C13H11F3N2O3. The van der Waals surface area contributed by atoms with Gasteiger partial charge in [0.25, 0.3) is 0 Å². The van der Waals surface area contributed by atoms with Crippen molar-refractivity contribution in [3.8, 4) is 5.75 Å². The zero-order valence-electron chi connectivity index (χ0n) is 10.9. The number of alkyl halides is 3. The van der Waals surface area contributed by atoms with Gasteiger partial charge in [-0.3, -0.25) is 0 Å². The highest BCUT2D eigenvalue weighted by atomic mass is 19.4. The molecule has 0 bridgehead atoms. The second kappa shape index (κ2) is 4.37. The summed E-state index contributed by atoms with van der Waals surface area (Å²) in [4.78, 5) is 11.2. The van der Waals surface area contributed by atoms with Crippen molar-refractivity contribution in [2.24, 2.45) is 0 Å². The van der Waals surface area contributed by atoms with E-state index in [0.29, 0.717) is 10.1 Å². The van der Waals surface area contributed by atoms with E-state index in [9.17, 15) is 18.0 Å². The summed E-state index contributed by atoms with van der Waals surface area (Å²) in [6.07, 6.45) is -2.91. The Bertz CT molecular complexity index is 732. The van der Waals surface area contributed by atoms with E-state index in [1.165, 1.54) is 13.2 Å². The average molecular weight is 300 g/mol. The summed E-state index contributed by atoms with van der Waals surface area (Å²) < 4.78 is 44.8. The molecule has 5 nitrogen and oxygen atoms in total. The number of carboxylic acid groups (broad SMARTS) is 1. The molecule has 0 saturated heterocycles. The van der Waals surface area contributed by atoms with E-state index < -0.39 is 23.5 Å². The van der Waals surface area contributed by atoms with Crippen molar-refractivity contribution >= 4 is 11.5 Å². The van der Waals surface area contributed by atoms with Crippen LogP contribution in [0.2, 0.25) is 0 Å². The number of aromatic nitrogens is 2. The highest BCUT2D eigenvalue weighted by molar-refractivity contribution is 5.93. The Hall–Kier alpha value is -2.25. The van der Waals surface area contributed by atoms with Gasteiger partial charge in [0.2, 0.25) is 5.69 Å². The fraction of sp³-hybridized carbons (Fsp3) is 0.385. The van der Waals surface area contributed by atoms with Crippen molar-refractivity contribution in [3.05, 3.63) is 29.1 Å². The number of halogens is 3. The quantitative estimate of drug-likeness (QED) is 0.946. The van der Waals surface area contributed by atoms with Gasteiger partial charge in [0.05, 0.1) is 7.11 Å². The number of ether oxygens (including phenoxy) is 1. The molecule has 1 aliphatic rings. The minimum Gasteiger partial charge on any atom is -0.492 e. The molecule has 0 radical (unpaired) electrons. The van der Waals surface area contributed by atoms with Crippen LogP contribution in [0.15, 0.2) is 12.1 Å². The third kappa shape index (κ3) is 2.10. The Labute approximate surface area is 116 Å². The van der Waals surface area contributed by atoms with Crippen LogP contribution in [0.4, 0.5) is 13.2 Å². The maximum atomic E-state index is 13.1. The van der Waals surface area contributed by atoms with Gasteiger partial charge in [-0.2, -0.15) is 18.3 Å². The molecule has 1 fully saturated rings. The van der Waals surface area contributed by atoms with E-state index in [0.717, 1.165) is 18.9 Å². The van der Waals surface area contributed by atoms with Crippen molar-refractivity contribution in [1.29, 1.82) is 0 Å². The van der Waals surface area contributed by atoms with Crippen LogP contribution in [0.5, 0.6) is 5.75 Å². The molecule has 0 aliphatic heterocycles. The van der Waals surface area contributed by atoms with Crippen LogP contribution in [0.25, 0.3) is 5.52 Å². The summed E-state index contributed by atoms with van der Waals surface area (Å²) in [7, 11) is 1.22. The van der Waals surface area contributed by atoms with E-state index in [2.05, 4.69) is 5.10 Å². The molecule has 21 heavy (non-hydrogen) atoms. The summed E-state index contributed by atoms with van der Waals surface area (Å²) in [5.74, 6) is -1.43. The van der Waals surface area contributed by atoms with Gasteiger partial charge in [-0.15, -0.1) is 0 Å². The van der Waals surface area contributed by atoms with Crippen LogP contribution in [-0.4, -0.2) is 27.8 Å². The Morgan fingerprint density at radius 1 is 1.43 bits per heavy atom. The van der Waals surface area contributed by atoms with Crippen LogP contribution in [0.1, 0.15) is 40.5 Å². The summed E-state index contributed by atoms with van der Waals surface area (Å²) in [6.45, 7) is 0. The molecule has 8 heteroatoms. The van der Waals surface area contributed by atoms with Crippen LogP contribution in [0.3, 0.4) is 0 Å². The molecule has 1 aliphatic carbocycles. The highest BCUT2D eigenvalue weighted by Crippen LogP contribution is 2.46. The van der Waals surface area contributed by atoms with Crippen LogP contribution in [-0.2, 0) is 6.18 Å². The zero-order chi connectivity index (χ0) is 15.4. The summed E-state index contributed by atoms with van der Waals surface area (Å²) in [6, 6.07) is 2.31. The molecule has 1 saturated carbocycles. The van der Waals surface area contributed by atoms with Gasteiger partial charge in [-0.1, -0.05) is 6.07 Å². The number of carbonyl (C=O) groups is 1. The zero-order valence-corrected chi connectivity index (χ0v) is 10.9. The van der Waals surface area contributed by atoms with E-state index in [1.54, 1.807) is 0 Å². The Morgan fingerprint density at radius 3 is 2.57 bits per heavy atom. The Morgan fingerprint density at radius 2 is 2.10 bits per heavy atom. The SMILES string of the molecule is COc1c(C(=O)O)nn2c(C(F)(F)F)ccc(C3CC3)c12. The molecule has 1 N–H and O–H groups in total. The Balaban J connectivity index is 2.40. The molecule has 3 rings (SSSR count). The second-order valence-corrected chi connectivity index (χ2v) is 4.89. The van der Waals surface area contributed by atoms with Crippen LogP contribution >= 0.6 is 0 Å². The maximum absolute atomic E-state index is 13.1. The molecule has 0 atom stereocenters. The Kier molecular flexibility index (Phi) is 2.86. The minimum atomic E-state index is -4.63. The molecule has 0 aromatic carbocycles. The van der Waals surface area contributed by atoms with Crippen molar-refractivity contribution in [1.82, 2.24) is 9.61 Å². The summed E-state index contributed by atoms with van der Waals surface area (Å²) in [5, 5.41) is 12.7. The minimum absolute atomic E-state index is 0.0900. The van der Waals surface area contributed by atoms with E-state index in [1.807, 2.05) is 0 Å². The van der Waals surface area contributed by atoms with Gasteiger partial charge in [0, 0.05) is 0 Å². The van der Waals surface area contributed by atoms with Crippen molar-refractivity contribution in [2.75, 3.05) is 7.11 Å². The predicted octanol–water partition coefficient (Wildman–Crippen LogP) is 2.94. The predicted molar refractivity (Wildman–Crippen MR) is 65.7 cm³/mol. The first kappa shape index (κ1) is 13.7. The van der Waals surface area contributed by atoms with Gasteiger partial charge >= 0.3 is 12.1 Å². The average Bonchev–Trinajstić information content (AvgIpc) is 3.15. The molecule has 112 valence electrons. The van der Waals surface area contributed by atoms with E-state index in [4.69, 9.17) is 9.84 Å². The van der Waals surface area contributed by atoms with Gasteiger partial charge in [0.1, 0.15) is 11.2 Å². The van der Waals surface area contributed by atoms with Gasteiger partial charge < -0.3 is 9.84 Å². The van der Waals surface area contributed by atoms with Crippen LogP contribution in [0, 0.1) is 0 Å². The van der Waals surface area contributed by atoms with E-state index >= 15 is 0 Å². The monoisotopic (exact) mass is 300 g/mol. The van der Waals surface area contributed by atoms with E-state index in [-0.39, 0.29) is 17.2 Å². The number of methoxy groups -OCH3 is 1. The van der Waals surface area contributed by atoms with Gasteiger partial charge in [-0.05, 0) is 30.4 Å². The summed E-state index contributed by atoms with van der Waals surface area (Å²) >= 11 is 0. The maximum Gasteiger partial charge on any atom is 0.433 e. The molecule has 0 amide bonds. The number of nitrogens with zero attached hydrogens (tertiary/aromatic N) is 2. The van der Waals surface area contributed by atoms with Crippen LogP contribution < -0.4 is 4.74 Å². The first-order valence-electron chi connectivity index (χ1n) is 6.24. The lowest BCUT2D eigenvalue weighted by Crippen LogP contribution is -2.13. The number of hydrogen-bond acceptors (Lipinski definition) is 3. The number of aromatic carboxylic acids is 1. The molecular weight excluding hydrogens is 289 g/mol. The van der Waals surface area contributed by atoms with Crippen molar-refractivity contribution in [3.63, 3.8) is 0 Å². The normalized spacial score (nSPS) is 15.4. The number of carboxylic acids is 1. The lowest BCUT2D eigenvalue weighted by molar-refractivity contribution is -0.142. The molecule has 2 heterocycles. The lowest BCUT2D eigenvalue weighted by Gasteiger charge is -2.11. The topological polar surface area (TPSA) is 63.8 Å². The van der Waals surface area contributed by atoms with Crippen molar-refractivity contribution < 1.29 is 27.8 Å². The smallest absolute Gasteiger partial charge is 0.433 e. The first-order valence-corrected chi connectivity index (χ1v) is 6.24. The largest absolute Gasteiger partial charge is 0.492 e. The molecule has 0 unspecified atom stereocenters. The standard InChI is InChI=1S/C13H11F3N2O3/c1-21-11-9(12(19)20)17-18-8(13(14,15)16)5-4-7(10(11)18)6-2-3-6/h4-6H,2-3H2,1H3,(H,19,20). The number of fused-ring (bicyclic) bond motifs is 1. The number of hydrogen-bond donors (Lipinski definition) is 1. The highest BCUT2D eigenvalue weighted by Gasteiger charge is 2.38. The fourth-order valence-electron chi connectivity index (χ4n) is 2.42. The fourth-order valence-corrected chi connectivity index (χ4v) is 2.42. The number of pyridine rings is 1. The third-order valence-corrected chi connectivity index (χ3v) is 3.48. The molecule has 0 spiro atoms. The molecule has 2 aromatic rings. The first-order chi connectivity index (χ1) is 9.84. The number of rotatable bonds is 3. The summed E-state index contributed by atoms with van der Waals surface area (Å²) in [5.41, 5.74) is -0.809.